The summed E-state index contributed by atoms with van der Waals surface area (Å²) in [5.74, 6) is 1.74. The third-order valence-electron chi connectivity index (χ3n) is 5.24. The lowest BCUT2D eigenvalue weighted by molar-refractivity contribution is -0.122. The molecular weight excluding hydrogens is 424 g/mol. The van der Waals surface area contributed by atoms with E-state index in [0.29, 0.717) is 22.2 Å². The maximum atomic E-state index is 13.2. The fourth-order valence-corrected chi connectivity index (χ4v) is 3.78. The number of aromatic nitrogens is 5. The molecule has 0 saturated carbocycles. The van der Waals surface area contributed by atoms with Gasteiger partial charge in [-0.15, -0.1) is 0 Å². The Hall–Kier alpha value is -3.72. The van der Waals surface area contributed by atoms with Crippen molar-refractivity contribution in [2.24, 2.45) is 7.05 Å². The van der Waals surface area contributed by atoms with Gasteiger partial charge in [-0.05, 0) is 25.2 Å². The van der Waals surface area contributed by atoms with Gasteiger partial charge in [0.15, 0.2) is 10.6 Å². The fourth-order valence-electron chi connectivity index (χ4n) is 3.58. The molecule has 4 rings (SSSR count). The molecule has 0 fully saturated rings. The van der Waals surface area contributed by atoms with Crippen LogP contribution in [0.25, 0.3) is 11.4 Å². The molecular formula is C23H24N6O2S. The van der Waals surface area contributed by atoms with Crippen LogP contribution in [0.1, 0.15) is 23.0 Å². The highest BCUT2D eigenvalue weighted by molar-refractivity contribution is 7.71. The van der Waals surface area contributed by atoms with E-state index in [4.69, 9.17) is 17.0 Å². The van der Waals surface area contributed by atoms with Gasteiger partial charge in [-0.1, -0.05) is 48.0 Å². The van der Waals surface area contributed by atoms with Crippen LogP contribution < -0.4 is 10.1 Å². The van der Waals surface area contributed by atoms with Gasteiger partial charge in [0.1, 0.15) is 24.2 Å². The van der Waals surface area contributed by atoms with E-state index in [2.05, 4.69) is 20.5 Å². The minimum Gasteiger partial charge on any atom is -0.496 e. The Labute approximate surface area is 190 Å². The number of aromatic amines is 1. The average molecular weight is 449 g/mol. The molecule has 1 amide bonds. The molecule has 4 aromatic rings. The number of methoxy groups -OCH3 is 1. The second-order valence-corrected chi connectivity index (χ2v) is 7.83. The van der Waals surface area contributed by atoms with Crippen LogP contribution in [0.2, 0.25) is 0 Å². The van der Waals surface area contributed by atoms with Gasteiger partial charge in [0.25, 0.3) is 0 Å². The molecule has 9 heteroatoms. The first-order chi connectivity index (χ1) is 15.5. The summed E-state index contributed by atoms with van der Waals surface area (Å²) < 4.78 is 9.47. The maximum absolute atomic E-state index is 13.2. The number of hydrogen-bond donors (Lipinski definition) is 2. The highest BCUT2D eigenvalue weighted by Crippen LogP contribution is 2.29. The Morgan fingerprint density at radius 1 is 1.22 bits per heavy atom. The van der Waals surface area contributed by atoms with Crippen LogP contribution in [0.4, 0.5) is 0 Å². The van der Waals surface area contributed by atoms with Crippen molar-refractivity contribution in [2.75, 3.05) is 7.11 Å². The van der Waals surface area contributed by atoms with Gasteiger partial charge < -0.3 is 14.6 Å². The third-order valence-corrected chi connectivity index (χ3v) is 5.55. The first-order valence-electron chi connectivity index (χ1n) is 10.1. The molecule has 32 heavy (non-hydrogen) atoms. The Balaban J connectivity index is 1.65. The molecule has 0 aliphatic rings. The fraction of sp³-hybridized carbons (Fsp3) is 0.217. The van der Waals surface area contributed by atoms with Gasteiger partial charge in [0.2, 0.25) is 5.91 Å². The summed E-state index contributed by atoms with van der Waals surface area (Å²) in [6.07, 6.45) is 3.54. The molecule has 0 radical (unpaired) electrons. The topological polar surface area (TPSA) is 89.8 Å². The van der Waals surface area contributed by atoms with Crippen LogP contribution in [-0.2, 0) is 18.4 Å². The second kappa shape index (κ2) is 9.19. The zero-order chi connectivity index (χ0) is 22.7. The highest BCUT2D eigenvalue weighted by Gasteiger charge is 2.24. The molecule has 2 aromatic heterocycles. The predicted octanol–water partition coefficient (Wildman–Crippen LogP) is 3.56. The first kappa shape index (κ1) is 21.5. The summed E-state index contributed by atoms with van der Waals surface area (Å²) in [5, 5.41) is 10.2. The molecule has 2 heterocycles. The summed E-state index contributed by atoms with van der Waals surface area (Å²) in [7, 11) is 3.49. The van der Waals surface area contributed by atoms with Gasteiger partial charge >= 0.3 is 0 Å². The Morgan fingerprint density at radius 3 is 2.66 bits per heavy atom. The van der Waals surface area contributed by atoms with Gasteiger partial charge in [0.05, 0.1) is 7.11 Å². The SMILES string of the molecule is COc1ccccc1C(NC(=O)Cn1c(-c2ccc(C)cc2)n[nH]c1=S)c1nccn1C. The number of hydrogen-bond acceptors (Lipinski definition) is 5. The molecule has 2 N–H and O–H groups in total. The van der Waals surface area contributed by atoms with E-state index in [-0.39, 0.29) is 12.5 Å². The second-order valence-electron chi connectivity index (χ2n) is 7.44. The van der Waals surface area contributed by atoms with Gasteiger partial charge in [-0.25, -0.2) is 4.98 Å². The summed E-state index contributed by atoms with van der Waals surface area (Å²) in [6.45, 7) is 2.03. The number of carbonyl (C=O) groups is 1. The Kier molecular flexibility index (Phi) is 6.18. The third kappa shape index (κ3) is 4.33. The zero-order valence-corrected chi connectivity index (χ0v) is 18.9. The van der Waals surface area contributed by atoms with Gasteiger partial charge in [-0.2, -0.15) is 5.10 Å². The maximum Gasteiger partial charge on any atom is 0.240 e. The summed E-state index contributed by atoms with van der Waals surface area (Å²) in [6, 6.07) is 15.0. The number of amides is 1. The Morgan fingerprint density at radius 2 is 1.97 bits per heavy atom. The molecule has 0 bridgehead atoms. The molecule has 1 unspecified atom stereocenters. The number of aryl methyl sites for hydroxylation is 2. The molecule has 8 nitrogen and oxygen atoms in total. The Bertz CT molecular complexity index is 1290. The van der Waals surface area contributed by atoms with Crippen LogP contribution >= 0.6 is 12.2 Å². The predicted molar refractivity (Wildman–Crippen MR) is 124 cm³/mol. The van der Waals surface area contributed by atoms with Crippen LogP contribution in [-0.4, -0.2) is 37.3 Å². The lowest BCUT2D eigenvalue weighted by Gasteiger charge is -2.21. The lowest BCUT2D eigenvalue weighted by Crippen LogP contribution is -2.34. The number of carbonyl (C=O) groups excluding carboxylic acids is 1. The zero-order valence-electron chi connectivity index (χ0n) is 18.1. The molecule has 2 aromatic carbocycles. The van der Waals surface area contributed by atoms with Crippen molar-refractivity contribution in [3.8, 4) is 17.1 Å². The minimum absolute atomic E-state index is 0.00855. The number of benzene rings is 2. The molecule has 164 valence electrons. The number of imidazole rings is 1. The monoisotopic (exact) mass is 448 g/mol. The molecule has 0 aliphatic heterocycles. The minimum atomic E-state index is -0.498. The van der Waals surface area contributed by atoms with Crippen LogP contribution in [0.15, 0.2) is 60.9 Å². The van der Waals surface area contributed by atoms with Crippen molar-refractivity contribution in [1.82, 2.24) is 29.6 Å². The van der Waals surface area contributed by atoms with E-state index in [9.17, 15) is 4.79 Å². The summed E-state index contributed by atoms with van der Waals surface area (Å²) in [5.41, 5.74) is 2.83. The van der Waals surface area contributed by atoms with Crippen molar-refractivity contribution >= 4 is 18.1 Å². The number of nitrogens with one attached hydrogen (secondary N) is 2. The van der Waals surface area contributed by atoms with E-state index in [1.54, 1.807) is 17.9 Å². The quantitative estimate of drug-likeness (QED) is 0.422. The van der Waals surface area contributed by atoms with E-state index in [1.807, 2.05) is 73.3 Å². The summed E-state index contributed by atoms with van der Waals surface area (Å²) in [4.78, 5) is 17.6. The lowest BCUT2D eigenvalue weighted by atomic mass is 10.0. The van der Waals surface area contributed by atoms with Gasteiger partial charge in [0, 0.05) is 30.6 Å². The van der Waals surface area contributed by atoms with E-state index in [0.717, 1.165) is 16.7 Å². The van der Waals surface area contributed by atoms with Crippen LogP contribution in [0, 0.1) is 11.7 Å². The van der Waals surface area contributed by atoms with Crippen LogP contribution in [0.3, 0.4) is 0 Å². The van der Waals surface area contributed by atoms with Crippen LogP contribution in [0.5, 0.6) is 5.75 Å². The smallest absolute Gasteiger partial charge is 0.240 e. The van der Waals surface area contributed by atoms with Crippen molar-refractivity contribution in [2.45, 2.75) is 19.5 Å². The standard InChI is InChI=1S/C23H24N6O2S/c1-15-8-10-16(11-9-15)21-26-27-23(32)29(21)14-19(30)25-20(22-24-12-13-28(22)2)17-6-4-5-7-18(17)31-3/h4-13,20H,14H2,1-3H3,(H,25,30)(H,27,32). The van der Waals surface area contributed by atoms with Crippen molar-refractivity contribution < 1.29 is 9.53 Å². The van der Waals surface area contributed by atoms with Gasteiger partial charge in [-0.3, -0.25) is 14.5 Å². The largest absolute Gasteiger partial charge is 0.496 e. The van der Waals surface area contributed by atoms with Crippen molar-refractivity contribution in [1.29, 1.82) is 0 Å². The number of rotatable bonds is 7. The molecule has 0 aliphatic carbocycles. The molecule has 0 saturated heterocycles. The number of nitrogens with zero attached hydrogens (tertiary/aromatic N) is 4. The van der Waals surface area contributed by atoms with Crippen molar-refractivity contribution in [3.05, 3.63) is 82.6 Å². The highest BCUT2D eigenvalue weighted by atomic mass is 32.1. The van der Waals surface area contributed by atoms with E-state index in [1.165, 1.54) is 0 Å². The number of ether oxygens (including phenoxy) is 1. The molecule has 0 spiro atoms. The van der Waals surface area contributed by atoms with Crippen molar-refractivity contribution in [3.63, 3.8) is 0 Å². The van der Waals surface area contributed by atoms with E-state index < -0.39 is 6.04 Å². The number of H-pyrrole nitrogens is 1. The molecule has 1 atom stereocenters. The average Bonchev–Trinajstić information content (AvgIpc) is 3.38. The first-order valence-corrected chi connectivity index (χ1v) is 10.5. The number of para-hydroxylation sites is 1. The van der Waals surface area contributed by atoms with E-state index >= 15 is 0 Å². The summed E-state index contributed by atoms with van der Waals surface area (Å²) >= 11 is 5.39. The normalized spacial score (nSPS) is 11.8.